The Morgan fingerprint density at radius 2 is 1.41 bits per heavy atom. The van der Waals surface area contributed by atoms with Gasteiger partial charge in [-0.1, -0.05) is 24.3 Å². The van der Waals surface area contributed by atoms with Crippen LogP contribution in [0.1, 0.15) is 11.1 Å². The van der Waals surface area contributed by atoms with E-state index in [2.05, 4.69) is 39.9 Å². The zero-order valence-electron chi connectivity index (χ0n) is 15.4. The van der Waals surface area contributed by atoms with E-state index in [1.165, 1.54) is 0 Å². The van der Waals surface area contributed by atoms with Crippen molar-refractivity contribution in [3.63, 3.8) is 0 Å². The number of nitriles is 2. The number of nitrogens with zero attached hydrogens (tertiary/aromatic N) is 4. The summed E-state index contributed by atoms with van der Waals surface area (Å²) in [6.45, 7) is 0. The van der Waals surface area contributed by atoms with E-state index in [0.29, 0.717) is 11.1 Å². The van der Waals surface area contributed by atoms with Gasteiger partial charge in [0.05, 0.1) is 34.3 Å². The second-order valence-electron chi connectivity index (χ2n) is 6.81. The largest absolute Gasteiger partial charge is 0.309 e. The molecule has 0 N–H and O–H groups in total. The lowest BCUT2D eigenvalue weighted by Crippen LogP contribution is -1.96. The highest BCUT2D eigenvalue weighted by molar-refractivity contribution is 6.09. The summed E-state index contributed by atoms with van der Waals surface area (Å²) >= 11 is 0. The van der Waals surface area contributed by atoms with Crippen LogP contribution in [0.3, 0.4) is 0 Å². The Morgan fingerprint density at radius 3 is 2.21 bits per heavy atom. The fourth-order valence-electron chi connectivity index (χ4n) is 3.83. The van der Waals surface area contributed by atoms with Gasteiger partial charge in [0.25, 0.3) is 0 Å². The first-order valence-corrected chi connectivity index (χ1v) is 9.18. The normalized spacial score (nSPS) is 10.7. The molecule has 0 amide bonds. The van der Waals surface area contributed by atoms with Gasteiger partial charge in [-0.05, 0) is 59.7 Å². The number of benzene rings is 3. The number of hydrogen-bond acceptors (Lipinski definition) is 3. The topological polar surface area (TPSA) is 65.4 Å². The van der Waals surface area contributed by atoms with Crippen molar-refractivity contribution in [1.29, 1.82) is 10.5 Å². The molecule has 5 rings (SSSR count). The Hall–Kier alpha value is -4.41. The van der Waals surface area contributed by atoms with Gasteiger partial charge >= 0.3 is 0 Å². The Morgan fingerprint density at radius 1 is 0.655 bits per heavy atom. The maximum absolute atomic E-state index is 9.62. The second kappa shape index (κ2) is 6.64. The fourth-order valence-corrected chi connectivity index (χ4v) is 3.83. The molecule has 29 heavy (non-hydrogen) atoms. The molecule has 134 valence electrons. The van der Waals surface area contributed by atoms with E-state index in [9.17, 15) is 10.5 Å². The smallest absolute Gasteiger partial charge is 0.0992 e. The molecule has 0 unspecified atom stereocenters. The van der Waals surface area contributed by atoms with E-state index >= 15 is 0 Å². The van der Waals surface area contributed by atoms with Gasteiger partial charge in [0.2, 0.25) is 0 Å². The predicted octanol–water partition coefficient (Wildman–Crippen LogP) is 5.59. The molecule has 0 fully saturated rings. The third-order valence-electron chi connectivity index (χ3n) is 5.12. The maximum atomic E-state index is 9.62. The van der Waals surface area contributed by atoms with Crippen LogP contribution in [0, 0.1) is 22.7 Å². The molecular formula is C25H14N4. The summed E-state index contributed by atoms with van der Waals surface area (Å²) in [5.41, 5.74) is 6.00. The van der Waals surface area contributed by atoms with Crippen LogP contribution in [0.5, 0.6) is 0 Å². The average molecular weight is 370 g/mol. The SMILES string of the molecule is N#Cc1cc(-c2ccncc2)cc(-n2c3ccccc3c3ccc(C#N)cc32)c1. The molecule has 0 aliphatic carbocycles. The van der Waals surface area contributed by atoms with Crippen LogP contribution in [0.2, 0.25) is 0 Å². The highest BCUT2D eigenvalue weighted by Crippen LogP contribution is 2.34. The lowest BCUT2D eigenvalue weighted by molar-refractivity contribution is 1.18. The number of hydrogen-bond donors (Lipinski definition) is 0. The molecule has 5 aromatic rings. The molecule has 2 heterocycles. The summed E-state index contributed by atoms with van der Waals surface area (Å²) in [7, 11) is 0. The summed E-state index contributed by atoms with van der Waals surface area (Å²) in [6.07, 6.45) is 3.49. The molecule has 0 bridgehead atoms. The van der Waals surface area contributed by atoms with Gasteiger partial charge in [0, 0.05) is 28.9 Å². The van der Waals surface area contributed by atoms with E-state index < -0.39 is 0 Å². The van der Waals surface area contributed by atoms with Gasteiger partial charge in [0.1, 0.15) is 0 Å². The molecule has 4 heteroatoms. The molecule has 0 atom stereocenters. The zero-order chi connectivity index (χ0) is 19.8. The number of fused-ring (bicyclic) bond motifs is 3. The van der Waals surface area contributed by atoms with E-state index in [1.54, 1.807) is 12.4 Å². The van der Waals surface area contributed by atoms with E-state index in [-0.39, 0.29) is 0 Å². The lowest BCUT2D eigenvalue weighted by Gasteiger charge is -2.11. The molecule has 0 aliphatic heterocycles. The minimum Gasteiger partial charge on any atom is -0.309 e. The molecule has 4 nitrogen and oxygen atoms in total. The molecule has 0 spiro atoms. The first kappa shape index (κ1) is 16.7. The predicted molar refractivity (Wildman–Crippen MR) is 113 cm³/mol. The second-order valence-corrected chi connectivity index (χ2v) is 6.81. The van der Waals surface area contributed by atoms with Crippen molar-refractivity contribution in [2.45, 2.75) is 0 Å². The van der Waals surface area contributed by atoms with Gasteiger partial charge in [-0.15, -0.1) is 0 Å². The number of para-hydroxylation sites is 1. The number of rotatable bonds is 2. The Kier molecular flexibility index (Phi) is 3.83. The maximum Gasteiger partial charge on any atom is 0.0992 e. The van der Waals surface area contributed by atoms with Gasteiger partial charge in [0.15, 0.2) is 0 Å². The number of aromatic nitrogens is 2. The molecule has 3 aromatic carbocycles. The van der Waals surface area contributed by atoms with Crippen molar-refractivity contribution in [3.8, 4) is 29.0 Å². The van der Waals surface area contributed by atoms with Crippen LogP contribution in [-0.4, -0.2) is 9.55 Å². The van der Waals surface area contributed by atoms with Crippen LogP contribution in [0.25, 0.3) is 38.6 Å². The van der Waals surface area contributed by atoms with Crippen molar-refractivity contribution >= 4 is 21.8 Å². The fraction of sp³-hybridized carbons (Fsp3) is 0. The van der Waals surface area contributed by atoms with Crippen LogP contribution >= 0.6 is 0 Å². The average Bonchev–Trinajstić information content (AvgIpc) is 3.12. The van der Waals surface area contributed by atoms with Gasteiger partial charge in [-0.2, -0.15) is 10.5 Å². The molecular weight excluding hydrogens is 356 g/mol. The summed E-state index contributed by atoms with van der Waals surface area (Å²) in [4.78, 5) is 4.09. The summed E-state index contributed by atoms with van der Waals surface area (Å²) in [5, 5.41) is 21.2. The Labute approximate surface area is 167 Å². The van der Waals surface area contributed by atoms with E-state index in [1.807, 2.05) is 54.6 Å². The summed E-state index contributed by atoms with van der Waals surface area (Å²) in [5.74, 6) is 0. The minimum absolute atomic E-state index is 0.580. The highest BCUT2D eigenvalue weighted by atomic mass is 15.0. The standard InChI is InChI=1S/C25H14N4/c26-15-17-5-6-23-22-3-1-2-4-24(22)29(25(23)13-17)21-12-18(16-27)11-20(14-21)19-7-9-28-10-8-19/h1-14H. The first-order valence-electron chi connectivity index (χ1n) is 9.18. The van der Waals surface area contributed by atoms with Gasteiger partial charge < -0.3 is 4.57 Å². The van der Waals surface area contributed by atoms with Crippen molar-refractivity contribution in [2.24, 2.45) is 0 Å². The van der Waals surface area contributed by atoms with Gasteiger partial charge in [-0.25, -0.2) is 0 Å². The molecule has 0 saturated carbocycles. The van der Waals surface area contributed by atoms with E-state index in [0.717, 1.165) is 38.6 Å². The van der Waals surface area contributed by atoms with Crippen molar-refractivity contribution in [1.82, 2.24) is 9.55 Å². The van der Waals surface area contributed by atoms with Gasteiger partial charge in [-0.3, -0.25) is 4.98 Å². The highest BCUT2D eigenvalue weighted by Gasteiger charge is 2.14. The monoisotopic (exact) mass is 370 g/mol. The first-order chi connectivity index (χ1) is 14.3. The third kappa shape index (κ3) is 2.72. The minimum atomic E-state index is 0.580. The Bertz CT molecular complexity index is 1460. The van der Waals surface area contributed by atoms with Crippen LogP contribution in [-0.2, 0) is 0 Å². The molecule has 0 radical (unpaired) electrons. The quantitative estimate of drug-likeness (QED) is 0.407. The van der Waals surface area contributed by atoms with Crippen molar-refractivity contribution in [2.75, 3.05) is 0 Å². The van der Waals surface area contributed by atoms with Crippen LogP contribution < -0.4 is 0 Å². The number of pyridine rings is 1. The summed E-state index contributed by atoms with van der Waals surface area (Å²) < 4.78 is 2.12. The van der Waals surface area contributed by atoms with Crippen molar-refractivity contribution < 1.29 is 0 Å². The van der Waals surface area contributed by atoms with Crippen LogP contribution in [0.15, 0.2) is 85.2 Å². The lowest BCUT2D eigenvalue weighted by atomic mass is 10.0. The Balaban J connectivity index is 1.88. The zero-order valence-corrected chi connectivity index (χ0v) is 15.4. The molecule has 2 aromatic heterocycles. The molecule has 0 saturated heterocycles. The molecule has 0 aliphatic rings. The van der Waals surface area contributed by atoms with Crippen LogP contribution in [0.4, 0.5) is 0 Å². The van der Waals surface area contributed by atoms with E-state index in [4.69, 9.17) is 0 Å². The third-order valence-corrected chi connectivity index (χ3v) is 5.12. The van der Waals surface area contributed by atoms with Crippen molar-refractivity contribution in [3.05, 3.63) is 96.3 Å². The summed E-state index contributed by atoms with van der Waals surface area (Å²) in [6, 6.07) is 28.1.